The Bertz CT molecular complexity index is 1370. The fourth-order valence-corrected chi connectivity index (χ4v) is 7.22. The lowest BCUT2D eigenvalue weighted by Gasteiger charge is -2.35. The average Bonchev–Trinajstić information content (AvgIpc) is 3.28. The molecule has 0 aromatic carbocycles. The van der Waals surface area contributed by atoms with Crippen molar-refractivity contribution in [2.24, 2.45) is 5.92 Å². The van der Waals surface area contributed by atoms with Crippen molar-refractivity contribution in [1.29, 1.82) is 5.26 Å². The van der Waals surface area contributed by atoms with Crippen LogP contribution in [0.4, 0.5) is 5.82 Å². The van der Waals surface area contributed by atoms with E-state index in [2.05, 4.69) is 11.0 Å². The van der Waals surface area contributed by atoms with Crippen LogP contribution in [0.3, 0.4) is 0 Å². The van der Waals surface area contributed by atoms with E-state index in [1.165, 1.54) is 11.8 Å². The van der Waals surface area contributed by atoms with E-state index in [0.717, 1.165) is 51.4 Å². The highest BCUT2D eigenvalue weighted by atomic mass is 32.2. The number of esters is 1. The molecule has 1 aromatic rings. The van der Waals surface area contributed by atoms with Crippen molar-refractivity contribution in [3.8, 4) is 6.07 Å². The standard InChI is InChI=1S/C33H46N4O6S2/c1-4-17-36-29(35-19-15-24(16-20-35)32(42)43-5-2)25(23(3)26(22-34)30(36)40)21-27-31(41)37(33(44)45-27)18-13-11-9-7-6-8-10-12-14-28(38)39/h21,24H,4-20H2,1-3H3,(H,38,39)/b27-21+. The number of anilines is 1. The number of carbonyl (C=O) groups excluding carboxylic acids is 2. The molecular formula is C33H46N4O6S2. The number of hydrogen-bond donors (Lipinski definition) is 1. The minimum absolute atomic E-state index is 0.0669. The lowest BCUT2D eigenvalue weighted by Crippen LogP contribution is -2.41. The van der Waals surface area contributed by atoms with Gasteiger partial charge in [-0.25, -0.2) is 0 Å². The first-order valence-electron chi connectivity index (χ1n) is 16.2. The number of pyridine rings is 1. The Hall–Kier alpha value is -3.17. The number of aromatic nitrogens is 1. The summed E-state index contributed by atoms with van der Waals surface area (Å²) < 4.78 is 7.39. The van der Waals surface area contributed by atoms with Gasteiger partial charge in [0.15, 0.2) is 0 Å². The monoisotopic (exact) mass is 658 g/mol. The molecule has 0 aliphatic carbocycles. The van der Waals surface area contributed by atoms with Crippen molar-refractivity contribution in [3.05, 3.63) is 31.9 Å². The number of thiocarbonyl (C=S) groups is 1. The number of nitriles is 1. The van der Waals surface area contributed by atoms with E-state index >= 15 is 0 Å². The van der Waals surface area contributed by atoms with E-state index in [1.54, 1.807) is 29.4 Å². The van der Waals surface area contributed by atoms with Gasteiger partial charge in [0, 0.05) is 38.2 Å². The Balaban J connectivity index is 1.75. The smallest absolute Gasteiger partial charge is 0.309 e. The maximum Gasteiger partial charge on any atom is 0.309 e. The Kier molecular flexibility index (Phi) is 14.6. The average molecular weight is 659 g/mol. The first kappa shape index (κ1) is 36.3. The number of amides is 1. The third-order valence-electron chi connectivity index (χ3n) is 8.38. The molecule has 1 amide bonds. The second-order valence-electron chi connectivity index (χ2n) is 11.6. The number of hydrogen-bond acceptors (Lipinski definition) is 9. The second kappa shape index (κ2) is 18.1. The van der Waals surface area contributed by atoms with Gasteiger partial charge in [0.2, 0.25) is 0 Å². The van der Waals surface area contributed by atoms with Gasteiger partial charge in [-0.15, -0.1) is 0 Å². The predicted molar refractivity (Wildman–Crippen MR) is 181 cm³/mol. The molecule has 1 aromatic heterocycles. The highest BCUT2D eigenvalue weighted by Gasteiger charge is 2.34. The molecule has 0 radical (unpaired) electrons. The normalized spacial score (nSPS) is 16.4. The molecule has 3 heterocycles. The van der Waals surface area contributed by atoms with E-state index in [4.69, 9.17) is 22.1 Å². The molecule has 0 unspecified atom stereocenters. The molecule has 2 fully saturated rings. The van der Waals surface area contributed by atoms with Crippen LogP contribution in [0.15, 0.2) is 9.70 Å². The first-order chi connectivity index (χ1) is 21.6. The van der Waals surface area contributed by atoms with Crippen LogP contribution < -0.4 is 10.5 Å². The molecule has 0 spiro atoms. The van der Waals surface area contributed by atoms with E-state index in [-0.39, 0.29) is 35.3 Å². The quantitative estimate of drug-likeness (QED) is 0.0918. The SMILES string of the molecule is CCCn1c(N2CCC(C(=O)OCC)CC2)c(/C=C2/SC(=S)N(CCCCCCCCCCC(=O)O)C2=O)c(C)c(C#N)c1=O. The summed E-state index contributed by atoms with van der Waals surface area (Å²) in [5, 5.41) is 18.6. The van der Waals surface area contributed by atoms with Crippen LogP contribution in [-0.2, 0) is 25.7 Å². The number of carboxylic acid groups (broad SMARTS) is 1. The van der Waals surface area contributed by atoms with E-state index < -0.39 is 5.97 Å². The first-order valence-corrected chi connectivity index (χ1v) is 17.4. The Morgan fingerprint density at radius 2 is 1.67 bits per heavy atom. The summed E-state index contributed by atoms with van der Waals surface area (Å²) in [7, 11) is 0. The molecule has 12 heteroatoms. The van der Waals surface area contributed by atoms with Crippen LogP contribution in [0.2, 0.25) is 0 Å². The number of rotatable bonds is 17. The maximum atomic E-state index is 13.6. The van der Waals surface area contributed by atoms with Gasteiger partial charge in [-0.2, -0.15) is 5.26 Å². The summed E-state index contributed by atoms with van der Waals surface area (Å²) >= 11 is 6.85. The number of aliphatic carboxylic acids is 1. The molecular weight excluding hydrogens is 613 g/mol. The van der Waals surface area contributed by atoms with E-state index in [0.29, 0.717) is 78.2 Å². The number of unbranched alkanes of at least 4 members (excludes halogenated alkanes) is 7. The zero-order valence-electron chi connectivity index (χ0n) is 26.8. The topological polar surface area (TPSA) is 133 Å². The summed E-state index contributed by atoms with van der Waals surface area (Å²) in [6, 6.07) is 2.09. The minimum Gasteiger partial charge on any atom is -0.481 e. The van der Waals surface area contributed by atoms with Crippen LogP contribution in [-0.4, -0.2) is 63.0 Å². The highest BCUT2D eigenvalue weighted by molar-refractivity contribution is 8.26. The van der Waals surface area contributed by atoms with E-state index in [1.807, 2.05) is 6.92 Å². The van der Waals surface area contributed by atoms with Gasteiger partial charge in [0.05, 0.1) is 17.4 Å². The summed E-state index contributed by atoms with van der Waals surface area (Å²) in [6.45, 7) is 7.90. The van der Waals surface area contributed by atoms with Crippen LogP contribution in [0.25, 0.3) is 6.08 Å². The Morgan fingerprint density at radius 1 is 1.04 bits per heavy atom. The molecule has 2 aliphatic heterocycles. The van der Waals surface area contributed by atoms with Crippen molar-refractivity contribution in [2.45, 2.75) is 104 Å². The Morgan fingerprint density at radius 3 is 2.24 bits per heavy atom. The van der Waals surface area contributed by atoms with Crippen molar-refractivity contribution in [2.75, 3.05) is 31.1 Å². The number of thioether (sulfide) groups is 1. The molecule has 246 valence electrons. The Labute approximate surface area is 275 Å². The molecule has 3 rings (SSSR count). The number of ether oxygens (including phenoxy) is 1. The summed E-state index contributed by atoms with van der Waals surface area (Å²) in [4.78, 5) is 54.2. The van der Waals surface area contributed by atoms with Gasteiger partial charge in [-0.05, 0) is 57.6 Å². The zero-order valence-corrected chi connectivity index (χ0v) is 28.4. The molecule has 0 atom stereocenters. The van der Waals surface area contributed by atoms with Crippen molar-refractivity contribution in [3.63, 3.8) is 0 Å². The molecule has 0 bridgehead atoms. The summed E-state index contributed by atoms with van der Waals surface area (Å²) in [5.41, 5.74) is 0.921. The number of nitrogens with zero attached hydrogens (tertiary/aromatic N) is 4. The van der Waals surface area contributed by atoms with Crippen LogP contribution in [0.1, 0.15) is 108 Å². The van der Waals surface area contributed by atoms with Gasteiger partial charge in [0.25, 0.3) is 11.5 Å². The van der Waals surface area contributed by atoms with Gasteiger partial charge in [-0.3, -0.25) is 28.6 Å². The number of carbonyl (C=O) groups is 3. The predicted octanol–water partition coefficient (Wildman–Crippen LogP) is 6.01. The number of piperidine rings is 1. The van der Waals surface area contributed by atoms with Gasteiger partial charge < -0.3 is 14.7 Å². The largest absolute Gasteiger partial charge is 0.481 e. The van der Waals surface area contributed by atoms with Crippen LogP contribution >= 0.6 is 24.0 Å². The minimum atomic E-state index is -0.740. The second-order valence-corrected chi connectivity index (χ2v) is 13.3. The molecule has 10 nitrogen and oxygen atoms in total. The molecule has 0 saturated carbocycles. The fraction of sp³-hybridized carbons (Fsp3) is 0.636. The van der Waals surface area contributed by atoms with E-state index in [9.17, 15) is 24.4 Å². The van der Waals surface area contributed by atoms with Crippen LogP contribution in [0, 0.1) is 24.2 Å². The summed E-state index contributed by atoms with van der Waals surface area (Å²) in [5.74, 6) is -0.627. The van der Waals surface area contributed by atoms with Gasteiger partial charge >= 0.3 is 11.9 Å². The number of carboxylic acids is 1. The zero-order chi connectivity index (χ0) is 32.9. The fourth-order valence-electron chi connectivity index (χ4n) is 5.93. The third kappa shape index (κ3) is 9.66. The van der Waals surface area contributed by atoms with Crippen LogP contribution in [0.5, 0.6) is 0 Å². The molecule has 1 N–H and O–H groups in total. The van der Waals surface area contributed by atoms with Crippen molar-refractivity contribution in [1.82, 2.24) is 9.47 Å². The summed E-state index contributed by atoms with van der Waals surface area (Å²) in [6.07, 6.45) is 11.6. The highest BCUT2D eigenvalue weighted by Crippen LogP contribution is 2.37. The maximum absolute atomic E-state index is 13.6. The van der Waals surface area contributed by atoms with Crippen molar-refractivity contribution >= 4 is 58.0 Å². The molecule has 2 aliphatic rings. The molecule has 45 heavy (non-hydrogen) atoms. The lowest BCUT2D eigenvalue weighted by atomic mass is 9.95. The van der Waals surface area contributed by atoms with Crippen molar-refractivity contribution < 1.29 is 24.2 Å². The van der Waals surface area contributed by atoms with Gasteiger partial charge in [-0.1, -0.05) is 69.4 Å². The van der Waals surface area contributed by atoms with Gasteiger partial charge in [0.1, 0.15) is 21.8 Å². The third-order valence-corrected chi connectivity index (χ3v) is 9.76. The molecule has 2 saturated heterocycles. The lowest BCUT2D eigenvalue weighted by molar-refractivity contribution is -0.148.